The zero-order chi connectivity index (χ0) is 20.6. The summed E-state index contributed by atoms with van der Waals surface area (Å²) in [4.78, 5) is 24.3. The van der Waals surface area contributed by atoms with E-state index in [0.717, 1.165) is 0 Å². The maximum atomic E-state index is 13.5. The smallest absolute Gasteiger partial charge is 0.262 e. The van der Waals surface area contributed by atoms with Gasteiger partial charge in [0.15, 0.2) is 6.61 Å². The number of carbonyl (C=O) groups is 2. The largest absolute Gasteiger partial charge is 0.496 e. The molecule has 6 nitrogen and oxygen atoms in total. The number of rotatable bonds is 7. The Balaban J connectivity index is 1.54. The Morgan fingerprint density at radius 2 is 1.59 bits per heavy atom. The van der Waals surface area contributed by atoms with E-state index in [-0.39, 0.29) is 18.2 Å². The molecule has 0 spiro atoms. The van der Waals surface area contributed by atoms with Gasteiger partial charge >= 0.3 is 0 Å². The molecule has 3 aromatic carbocycles. The minimum Gasteiger partial charge on any atom is -0.496 e. The van der Waals surface area contributed by atoms with Crippen molar-refractivity contribution in [2.24, 2.45) is 0 Å². The molecule has 0 bridgehead atoms. The van der Waals surface area contributed by atoms with E-state index in [1.807, 2.05) is 0 Å². The van der Waals surface area contributed by atoms with Gasteiger partial charge in [0.1, 0.15) is 17.3 Å². The van der Waals surface area contributed by atoms with E-state index >= 15 is 0 Å². The first-order chi connectivity index (χ1) is 14.1. The van der Waals surface area contributed by atoms with Crippen LogP contribution in [0.5, 0.6) is 11.5 Å². The van der Waals surface area contributed by atoms with Gasteiger partial charge in [0.2, 0.25) is 0 Å². The molecule has 2 N–H and O–H groups in total. The van der Waals surface area contributed by atoms with E-state index in [4.69, 9.17) is 9.47 Å². The Morgan fingerprint density at radius 1 is 0.897 bits per heavy atom. The Bertz CT molecular complexity index is 1010. The summed E-state index contributed by atoms with van der Waals surface area (Å²) in [6.07, 6.45) is 0. The zero-order valence-corrected chi connectivity index (χ0v) is 15.6. The molecule has 0 fully saturated rings. The van der Waals surface area contributed by atoms with Gasteiger partial charge in [-0.3, -0.25) is 9.59 Å². The highest BCUT2D eigenvalue weighted by molar-refractivity contribution is 6.06. The summed E-state index contributed by atoms with van der Waals surface area (Å²) >= 11 is 0. The van der Waals surface area contributed by atoms with Crippen molar-refractivity contribution in [3.8, 4) is 11.5 Å². The lowest BCUT2D eigenvalue weighted by Crippen LogP contribution is -2.20. The molecule has 0 aromatic heterocycles. The summed E-state index contributed by atoms with van der Waals surface area (Å²) in [5, 5.41) is 5.21. The van der Waals surface area contributed by atoms with Gasteiger partial charge in [0, 0.05) is 5.69 Å². The zero-order valence-electron chi connectivity index (χ0n) is 15.6. The third kappa shape index (κ3) is 5.32. The van der Waals surface area contributed by atoms with Gasteiger partial charge in [0.25, 0.3) is 11.8 Å². The number of benzene rings is 3. The van der Waals surface area contributed by atoms with Crippen molar-refractivity contribution in [1.82, 2.24) is 0 Å². The summed E-state index contributed by atoms with van der Waals surface area (Å²) in [7, 11) is 1.50. The topological polar surface area (TPSA) is 76.7 Å². The maximum Gasteiger partial charge on any atom is 0.262 e. The van der Waals surface area contributed by atoms with Crippen molar-refractivity contribution in [3.63, 3.8) is 0 Å². The second-order valence-electron chi connectivity index (χ2n) is 6.00. The van der Waals surface area contributed by atoms with Crippen molar-refractivity contribution in [2.45, 2.75) is 0 Å². The highest BCUT2D eigenvalue weighted by Gasteiger charge is 2.12. The number of hydrogen-bond acceptors (Lipinski definition) is 4. The number of halogens is 1. The van der Waals surface area contributed by atoms with Gasteiger partial charge in [-0.15, -0.1) is 0 Å². The van der Waals surface area contributed by atoms with Gasteiger partial charge in [-0.25, -0.2) is 4.39 Å². The quantitative estimate of drug-likeness (QED) is 0.632. The van der Waals surface area contributed by atoms with Crippen LogP contribution in [0.1, 0.15) is 10.4 Å². The first kappa shape index (κ1) is 19.9. The Hall–Kier alpha value is -3.87. The van der Waals surface area contributed by atoms with Crippen LogP contribution in [-0.2, 0) is 4.79 Å². The molecule has 7 heteroatoms. The van der Waals surface area contributed by atoms with E-state index in [9.17, 15) is 14.0 Å². The molecule has 2 amide bonds. The number of hydrogen-bond donors (Lipinski definition) is 2. The minimum absolute atomic E-state index is 0.0931. The first-order valence-electron chi connectivity index (χ1n) is 8.78. The normalized spacial score (nSPS) is 10.1. The molecule has 29 heavy (non-hydrogen) atoms. The van der Waals surface area contributed by atoms with Gasteiger partial charge in [-0.05, 0) is 48.5 Å². The molecular formula is C22H19FN2O4. The fourth-order valence-corrected chi connectivity index (χ4v) is 2.56. The fourth-order valence-electron chi connectivity index (χ4n) is 2.56. The van der Waals surface area contributed by atoms with Crippen LogP contribution in [0, 0.1) is 5.82 Å². The molecule has 148 valence electrons. The van der Waals surface area contributed by atoms with E-state index < -0.39 is 11.7 Å². The van der Waals surface area contributed by atoms with Crippen LogP contribution in [0.2, 0.25) is 0 Å². The number of carbonyl (C=O) groups excluding carboxylic acids is 2. The molecule has 0 saturated heterocycles. The second-order valence-corrected chi connectivity index (χ2v) is 6.00. The van der Waals surface area contributed by atoms with Crippen molar-refractivity contribution in [3.05, 3.63) is 84.2 Å². The molecular weight excluding hydrogens is 375 g/mol. The number of nitrogens with one attached hydrogen (secondary N) is 2. The molecule has 0 aliphatic rings. The lowest BCUT2D eigenvalue weighted by Gasteiger charge is -2.10. The van der Waals surface area contributed by atoms with Crippen molar-refractivity contribution in [1.29, 1.82) is 0 Å². The monoisotopic (exact) mass is 394 g/mol. The summed E-state index contributed by atoms with van der Waals surface area (Å²) in [5.74, 6) is -0.394. The number of ether oxygens (including phenoxy) is 2. The van der Waals surface area contributed by atoms with Crippen LogP contribution in [0.4, 0.5) is 15.8 Å². The fraction of sp³-hybridized carbons (Fsp3) is 0.0909. The van der Waals surface area contributed by atoms with E-state index in [2.05, 4.69) is 10.6 Å². The van der Waals surface area contributed by atoms with Crippen LogP contribution in [-0.4, -0.2) is 25.5 Å². The number of anilines is 2. The van der Waals surface area contributed by atoms with Crippen LogP contribution in [0.25, 0.3) is 0 Å². The van der Waals surface area contributed by atoms with Crippen molar-refractivity contribution in [2.75, 3.05) is 24.4 Å². The molecule has 0 heterocycles. The van der Waals surface area contributed by atoms with E-state index in [0.29, 0.717) is 22.7 Å². The lowest BCUT2D eigenvalue weighted by molar-refractivity contribution is -0.118. The molecule has 0 unspecified atom stereocenters. The predicted octanol–water partition coefficient (Wildman–Crippen LogP) is 4.10. The predicted molar refractivity (Wildman–Crippen MR) is 108 cm³/mol. The Kier molecular flexibility index (Phi) is 6.42. The highest BCUT2D eigenvalue weighted by atomic mass is 19.1. The summed E-state index contributed by atoms with van der Waals surface area (Å²) < 4.78 is 24.1. The van der Waals surface area contributed by atoms with Crippen molar-refractivity contribution < 1.29 is 23.5 Å². The van der Waals surface area contributed by atoms with E-state index in [1.54, 1.807) is 54.6 Å². The van der Waals surface area contributed by atoms with Crippen LogP contribution in [0.15, 0.2) is 72.8 Å². The average molecular weight is 394 g/mol. The van der Waals surface area contributed by atoms with Crippen LogP contribution >= 0.6 is 0 Å². The van der Waals surface area contributed by atoms with Crippen LogP contribution < -0.4 is 20.1 Å². The third-order valence-corrected chi connectivity index (χ3v) is 3.98. The van der Waals surface area contributed by atoms with Crippen LogP contribution in [0.3, 0.4) is 0 Å². The molecule has 0 atom stereocenters. The van der Waals surface area contributed by atoms with Gasteiger partial charge in [0.05, 0.1) is 18.4 Å². The van der Waals surface area contributed by atoms with Gasteiger partial charge in [-0.1, -0.05) is 24.3 Å². The summed E-state index contributed by atoms with van der Waals surface area (Å²) in [6.45, 7) is -0.277. The van der Waals surface area contributed by atoms with Gasteiger partial charge < -0.3 is 20.1 Å². The van der Waals surface area contributed by atoms with Gasteiger partial charge in [-0.2, -0.15) is 0 Å². The minimum atomic E-state index is -0.518. The number of para-hydroxylation sites is 2. The summed E-state index contributed by atoms with van der Waals surface area (Å²) in [5.41, 5.74) is 1.07. The number of amides is 2. The lowest BCUT2D eigenvalue weighted by atomic mass is 10.2. The molecule has 0 aliphatic heterocycles. The molecule has 0 saturated carbocycles. The second kappa shape index (κ2) is 9.36. The SMILES string of the molecule is COc1ccccc1C(=O)Nc1ccc(OCC(=O)Nc2ccccc2F)cc1. The standard InChI is InChI=1S/C22H19FN2O4/c1-28-20-9-5-2-6-17(20)22(27)24-15-10-12-16(13-11-15)29-14-21(26)25-19-8-4-3-7-18(19)23/h2-13H,14H2,1H3,(H,24,27)(H,25,26). The van der Waals surface area contributed by atoms with Crippen molar-refractivity contribution >= 4 is 23.2 Å². The Labute approximate surface area is 167 Å². The summed E-state index contributed by atoms with van der Waals surface area (Å²) in [6, 6.07) is 19.3. The molecule has 0 aliphatic carbocycles. The highest BCUT2D eigenvalue weighted by Crippen LogP contribution is 2.21. The average Bonchev–Trinajstić information content (AvgIpc) is 2.75. The first-order valence-corrected chi connectivity index (χ1v) is 8.78. The third-order valence-electron chi connectivity index (χ3n) is 3.98. The number of methoxy groups -OCH3 is 1. The maximum absolute atomic E-state index is 13.5. The molecule has 3 rings (SSSR count). The Morgan fingerprint density at radius 3 is 2.31 bits per heavy atom. The molecule has 3 aromatic rings. The molecule has 0 radical (unpaired) electrons. The van der Waals surface area contributed by atoms with E-state index in [1.165, 1.54) is 25.3 Å².